The first-order valence-corrected chi connectivity index (χ1v) is 8.98. The van der Waals surface area contributed by atoms with Crippen LogP contribution in [-0.2, 0) is 14.4 Å². The summed E-state index contributed by atoms with van der Waals surface area (Å²) in [5.74, 6) is -0.277. The van der Waals surface area contributed by atoms with Crippen LogP contribution in [0, 0.1) is 6.92 Å². The van der Waals surface area contributed by atoms with Crippen molar-refractivity contribution in [3.63, 3.8) is 0 Å². The maximum Gasteiger partial charge on any atom is 0.236 e. The summed E-state index contributed by atoms with van der Waals surface area (Å²) >= 11 is 2.63. The Balaban J connectivity index is 1.78. The van der Waals surface area contributed by atoms with E-state index < -0.39 is 5.50 Å². The number of thiazole rings is 1. The van der Waals surface area contributed by atoms with Crippen LogP contribution in [0.5, 0.6) is 0 Å². The summed E-state index contributed by atoms with van der Waals surface area (Å²) in [6.45, 7) is 1.86. The van der Waals surface area contributed by atoms with Gasteiger partial charge in [0.1, 0.15) is 5.50 Å². The molecule has 10 heteroatoms. The van der Waals surface area contributed by atoms with Crippen LogP contribution in [0.3, 0.4) is 0 Å². The van der Waals surface area contributed by atoms with E-state index >= 15 is 0 Å². The molecule has 126 valence electrons. The zero-order valence-corrected chi connectivity index (χ0v) is 14.5. The van der Waals surface area contributed by atoms with Gasteiger partial charge < -0.3 is 16.0 Å². The highest BCUT2D eigenvalue weighted by molar-refractivity contribution is 8.00. The second-order valence-electron chi connectivity index (χ2n) is 5.05. The third kappa shape index (κ3) is 5.81. The Morgan fingerprint density at radius 3 is 2.91 bits per heavy atom. The number of rotatable bonds is 6. The molecule has 0 aromatic carbocycles. The molecular weight excluding hydrogens is 338 g/mol. The molecule has 8 nitrogen and oxygen atoms in total. The van der Waals surface area contributed by atoms with Crippen molar-refractivity contribution in [2.24, 2.45) is 0 Å². The van der Waals surface area contributed by atoms with Gasteiger partial charge in [-0.05, 0) is 6.92 Å². The van der Waals surface area contributed by atoms with Gasteiger partial charge in [-0.1, -0.05) is 0 Å². The normalized spacial score (nSPS) is 20.7. The lowest BCUT2D eigenvalue weighted by molar-refractivity contribution is -0.125. The molecule has 1 aromatic heterocycles. The number of thioether (sulfide) groups is 1. The summed E-state index contributed by atoms with van der Waals surface area (Å²) in [6.07, 6.45) is 0.473. The van der Waals surface area contributed by atoms with Crippen molar-refractivity contribution in [1.82, 2.24) is 20.9 Å². The molecule has 0 saturated carbocycles. The lowest BCUT2D eigenvalue weighted by atomic mass is 10.1. The van der Waals surface area contributed by atoms with Crippen LogP contribution in [-0.4, -0.2) is 47.0 Å². The summed E-state index contributed by atoms with van der Waals surface area (Å²) in [7, 11) is 1.56. The highest BCUT2D eigenvalue weighted by Crippen LogP contribution is 2.17. The van der Waals surface area contributed by atoms with Crippen LogP contribution < -0.4 is 21.3 Å². The van der Waals surface area contributed by atoms with Crippen molar-refractivity contribution in [2.45, 2.75) is 31.3 Å². The smallest absolute Gasteiger partial charge is 0.236 e. The zero-order chi connectivity index (χ0) is 16.8. The number of carbonyl (C=O) groups excluding carboxylic acids is 3. The average Bonchev–Trinajstić information content (AvgIpc) is 2.89. The second kappa shape index (κ2) is 8.27. The minimum Gasteiger partial charge on any atom is -0.359 e. The molecule has 0 radical (unpaired) electrons. The molecule has 3 amide bonds. The lowest BCUT2D eigenvalue weighted by Crippen LogP contribution is -2.55. The minimum atomic E-state index is -0.394. The molecule has 0 aliphatic carbocycles. The maximum atomic E-state index is 11.9. The van der Waals surface area contributed by atoms with E-state index in [0.717, 1.165) is 5.69 Å². The fourth-order valence-electron chi connectivity index (χ4n) is 2.02. The molecule has 1 aromatic rings. The third-order valence-electron chi connectivity index (χ3n) is 3.07. The van der Waals surface area contributed by atoms with E-state index in [1.165, 1.54) is 23.1 Å². The van der Waals surface area contributed by atoms with Gasteiger partial charge in [-0.25, -0.2) is 4.98 Å². The fourth-order valence-corrected chi connectivity index (χ4v) is 3.61. The summed E-state index contributed by atoms with van der Waals surface area (Å²) in [4.78, 5) is 39.1. The molecule has 1 saturated heterocycles. The second-order valence-corrected chi connectivity index (χ2v) is 7.00. The van der Waals surface area contributed by atoms with E-state index in [2.05, 4.69) is 26.3 Å². The number of anilines is 1. The van der Waals surface area contributed by atoms with Crippen molar-refractivity contribution in [1.29, 1.82) is 0 Å². The average molecular weight is 357 g/mol. The molecule has 0 bridgehead atoms. The van der Waals surface area contributed by atoms with E-state index in [-0.39, 0.29) is 42.4 Å². The molecule has 0 spiro atoms. The molecule has 1 fully saturated rings. The SMILES string of the molecule is CNC(=O)CC1CC(=O)NC(SCC(=O)Nc2nc(C)cs2)N1. The fraction of sp³-hybridized carbons (Fsp3) is 0.538. The Hall–Kier alpha value is -1.65. The number of nitrogens with zero attached hydrogens (tertiary/aromatic N) is 1. The van der Waals surface area contributed by atoms with E-state index in [1.807, 2.05) is 12.3 Å². The van der Waals surface area contributed by atoms with Gasteiger partial charge in [0.15, 0.2) is 5.13 Å². The summed E-state index contributed by atoms with van der Waals surface area (Å²) < 4.78 is 0. The summed E-state index contributed by atoms with van der Waals surface area (Å²) in [5.41, 5.74) is 0.464. The molecule has 1 aliphatic rings. The van der Waals surface area contributed by atoms with Gasteiger partial charge in [0.2, 0.25) is 17.7 Å². The standard InChI is InChI=1S/C13H19N5O3S2/c1-7-5-22-12(15-7)18-11(21)6-23-13-16-8(3-9(19)14-2)4-10(20)17-13/h5,8,13,16H,3-4,6H2,1-2H3,(H,14,19)(H,17,20)(H,15,18,21). The summed E-state index contributed by atoms with van der Waals surface area (Å²) in [5, 5.41) is 13.6. The molecular formula is C13H19N5O3S2. The topological polar surface area (TPSA) is 112 Å². The van der Waals surface area contributed by atoms with Gasteiger partial charge in [-0.15, -0.1) is 23.1 Å². The molecule has 1 aliphatic heterocycles. The van der Waals surface area contributed by atoms with Crippen molar-refractivity contribution in [2.75, 3.05) is 18.1 Å². The van der Waals surface area contributed by atoms with Crippen molar-refractivity contribution in [3.8, 4) is 0 Å². The van der Waals surface area contributed by atoms with Crippen LogP contribution in [0.4, 0.5) is 5.13 Å². The number of carbonyl (C=O) groups is 3. The lowest BCUT2D eigenvalue weighted by Gasteiger charge is -2.30. The Bertz CT molecular complexity index is 592. The quantitative estimate of drug-likeness (QED) is 0.571. The first-order valence-electron chi connectivity index (χ1n) is 7.06. The number of hydrogen-bond donors (Lipinski definition) is 4. The van der Waals surface area contributed by atoms with Gasteiger partial charge >= 0.3 is 0 Å². The van der Waals surface area contributed by atoms with Crippen LogP contribution in [0.1, 0.15) is 18.5 Å². The van der Waals surface area contributed by atoms with Crippen LogP contribution >= 0.6 is 23.1 Å². The Morgan fingerprint density at radius 2 is 2.26 bits per heavy atom. The molecule has 2 unspecified atom stereocenters. The van der Waals surface area contributed by atoms with Crippen molar-refractivity contribution in [3.05, 3.63) is 11.1 Å². The van der Waals surface area contributed by atoms with E-state index in [1.54, 1.807) is 7.05 Å². The van der Waals surface area contributed by atoms with Gasteiger partial charge in [-0.3, -0.25) is 19.7 Å². The van der Waals surface area contributed by atoms with E-state index in [9.17, 15) is 14.4 Å². The Morgan fingerprint density at radius 1 is 1.48 bits per heavy atom. The Kier molecular flexibility index (Phi) is 6.37. The van der Waals surface area contributed by atoms with Gasteiger partial charge in [0, 0.05) is 31.3 Å². The highest BCUT2D eigenvalue weighted by Gasteiger charge is 2.27. The minimum absolute atomic E-state index is 0.127. The van der Waals surface area contributed by atoms with Gasteiger partial charge in [-0.2, -0.15) is 0 Å². The third-order valence-corrected chi connectivity index (χ3v) is 4.96. The van der Waals surface area contributed by atoms with E-state index in [0.29, 0.717) is 5.13 Å². The summed E-state index contributed by atoms with van der Waals surface area (Å²) in [6, 6.07) is -0.231. The zero-order valence-electron chi connectivity index (χ0n) is 12.8. The molecule has 2 atom stereocenters. The maximum absolute atomic E-state index is 11.9. The largest absolute Gasteiger partial charge is 0.359 e. The van der Waals surface area contributed by atoms with Crippen LogP contribution in [0.25, 0.3) is 0 Å². The molecule has 2 heterocycles. The highest BCUT2D eigenvalue weighted by atomic mass is 32.2. The predicted octanol–water partition coefficient (Wildman–Crippen LogP) is 0.0210. The predicted molar refractivity (Wildman–Crippen MR) is 90.1 cm³/mol. The van der Waals surface area contributed by atoms with Crippen LogP contribution in [0.15, 0.2) is 5.38 Å². The monoisotopic (exact) mass is 357 g/mol. The number of nitrogens with one attached hydrogen (secondary N) is 4. The van der Waals surface area contributed by atoms with Gasteiger partial charge in [0.05, 0.1) is 11.4 Å². The van der Waals surface area contributed by atoms with Gasteiger partial charge in [0.25, 0.3) is 0 Å². The first-order chi connectivity index (χ1) is 11.0. The van der Waals surface area contributed by atoms with Crippen molar-refractivity contribution < 1.29 is 14.4 Å². The van der Waals surface area contributed by atoms with E-state index in [4.69, 9.17) is 0 Å². The van der Waals surface area contributed by atoms with Crippen molar-refractivity contribution >= 4 is 46.0 Å². The first kappa shape index (κ1) is 17.7. The number of aryl methyl sites for hydroxylation is 1. The number of aromatic nitrogens is 1. The molecule has 23 heavy (non-hydrogen) atoms. The van der Waals surface area contributed by atoms with Crippen LogP contribution in [0.2, 0.25) is 0 Å². The number of amides is 3. The molecule has 4 N–H and O–H groups in total. The number of hydrogen-bond acceptors (Lipinski definition) is 7. The molecule has 2 rings (SSSR count). The Labute approximate surface area is 142 Å².